The third-order valence-electron chi connectivity index (χ3n) is 3.57. The number of amides is 2. The van der Waals surface area contributed by atoms with Crippen molar-refractivity contribution in [3.05, 3.63) is 29.8 Å². The van der Waals surface area contributed by atoms with Crippen LogP contribution >= 0.6 is 0 Å². The molecule has 1 N–H and O–H groups in total. The Kier molecular flexibility index (Phi) is 4.96. The average molecular weight is 290 g/mol. The lowest BCUT2D eigenvalue weighted by Gasteiger charge is -2.19. The van der Waals surface area contributed by atoms with Crippen LogP contribution in [0.1, 0.15) is 25.8 Å². The van der Waals surface area contributed by atoms with Gasteiger partial charge in [-0.15, -0.1) is 0 Å². The molecule has 0 spiro atoms. The number of hydrogen-bond acceptors (Lipinski definition) is 4. The van der Waals surface area contributed by atoms with Crippen LogP contribution in [0, 0.1) is 6.92 Å². The molecular weight excluding hydrogens is 268 g/mol. The van der Waals surface area contributed by atoms with Crippen molar-refractivity contribution in [2.75, 3.05) is 13.2 Å². The second-order valence-corrected chi connectivity index (χ2v) is 5.42. The highest BCUT2D eigenvalue weighted by atomic mass is 16.5. The number of ether oxygens (including phenoxy) is 1. The van der Waals surface area contributed by atoms with Gasteiger partial charge in [-0.2, -0.15) is 0 Å². The first-order valence-electron chi connectivity index (χ1n) is 7.31. The van der Waals surface area contributed by atoms with Crippen LogP contribution in [0.3, 0.4) is 0 Å². The number of nitrogens with zero attached hydrogens (tertiary/aromatic N) is 1. The molecule has 2 amide bonds. The quantitative estimate of drug-likeness (QED) is 0.807. The molecule has 1 aromatic carbocycles. The largest absolute Gasteiger partial charge is 0.492 e. The topological polar surface area (TPSA) is 58.6 Å². The molecule has 0 bridgehead atoms. The van der Waals surface area contributed by atoms with Crippen molar-refractivity contribution in [3.63, 3.8) is 0 Å². The first kappa shape index (κ1) is 15.5. The van der Waals surface area contributed by atoms with E-state index in [4.69, 9.17) is 4.74 Å². The van der Waals surface area contributed by atoms with Crippen LogP contribution in [0.4, 0.5) is 0 Å². The molecule has 1 aliphatic heterocycles. The van der Waals surface area contributed by atoms with Gasteiger partial charge in [0.25, 0.3) is 0 Å². The smallest absolute Gasteiger partial charge is 0.246 e. The van der Waals surface area contributed by atoms with Gasteiger partial charge in [-0.05, 0) is 32.9 Å². The number of carbonyl (C=O) groups is 2. The van der Waals surface area contributed by atoms with Crippen LogP contribution in [0.2, 0.25) is 0 Å². The summed E-state index contributed by atoms with van der Waals surface area (Å²) in [6.07, 6.45) is 0.238. The third kappa shape index (κ3) is 3.82. The predicted octanol–water partition coefficient (Wildman–Crippen LogP) is 1.50. The monoisotopic (exact) mass is 290 g/mol. The Bertz CT molecular complexity index is 513. The van der Waals surface area contributed by atoms with E-state index in [0.29, 0.717) is 13.2 Å². The van der Waals surface area contributed by atoms with Crippen molar-refractivity contribution >= 4 is 11.8 Å². The van der Waals surface area contributed by atoms with Crippen LogP contribution in [-0.2, 0) is 9.59 Å². The van der Waals surface area contributed by atoms with E-state index < -0.39 is 6.04 Å². The van der Waals surface area contributed by atoms with Crippen molar-refractivity contribution in [2.45, 2.75) is 39.3 Å². The minimum absolute atomic E-state index is 0.00939. The molecule has 0 aromatic heterocycles. The van der Waals surface area contributed by atoms with Gasteiger partial charge in [0.15, 0.2) is 0 Å². The van der Waals surface area contributed by atoms with Crippen LogP contribution in [-0.4, -0.2) is 41.9 Å². The molecule has 1 fully saturated rings. The fraction of sp³-hybridized carbons (Fsp3) is 0.500. The Morgan fingerprint density at radius 3 is 2.57 bits per heavy atom. The number of likely N-dealkylation sites (tertiary alicyclic amines) is 1. The second kappa shape index (κ2) is 6.72. The maximum Gasteiger partial charge on any atom is 0.246 e. The van der Waals surface area contributed by atoms with Gasteiger partial charge < -0.3 is 4.74 Å². The number of carbonyl (C=O) groups excluding carboxylic acids is 2. The number of hydrogen-bond donors (Lipinski definition) is 1. The van der Waals surface area contributed by atoms with Crippen molar-refractivity contribution in [1.82, 2.24) is 10.2 Å². The summed E-state index contributed by atoms with van der Waals surface area (Å²) < 4.78 is 5.68. The number of likely N-dealkylation sites (N-methyl/N-ethyl adjacent to an activating group) is 1. The molecule has 5 heteroatoms. The van der Waals surface area contributed by atoms with Crippen molar-refractivity contribution in [2.24, 2.45) is 0 Å². The number of nitrogens with one attached hydrogen (secondary N) is 1. The molecule has 1 heterocycles. The molecule has 1 aromatic rings. The highest BCUT2D eigenvalue weighted by Crippen LogP contribution is 2.14. The van der Waals surface area contributed by atoms with Crippen molar-refractivity contribution < 1.29 is 14.3 Å². The van der Waals surface area contributed by atoms with Crippen LogP contribution in [0.25, 0.3) is 0 Å². The lowest BCUT2D eigenvalue weighted by Crippen LogP contribution is -2.44. The Morgan fingerprint density at radius 2 is 2.00 bits per heavy atom. The molecular formula is C16H22N2O3. The zero-order chi connectivity index (χ0) is 15.4. The van der Waals surface area contributed by atoms with E-state index >= 15 is 0 Å². The zero-order valence-corrected chi connectivity index (χ0v) is 12.8. The predicted molar refractivity (Wildman–Crippen MR) is 80.1 cm³/mol. The second-order valence-electron chi connectivity index (χ2n) is 5.42. The zero-order valence-electron chi connectivity index (χ0n) is 12.8. The number of aryl methyl sites for hydroxylation is 1. The first-order chi connectivity index (χ1) is 10.0. The van der Waals surface area contributed by atoms with Gasteiger partial charge in [-0.25, -0.2) is 0 Å². The number of rotatable bonds is 6. The summed E-state index contributed by atoms with van der Waals surface area (Å²) in [6.45, 7) is 6.66. The lowest BCUT2D eigenvalue weighted by atomic mass is 10.2. The molecule has 2 atom stereocenters. The first-order valence-corrected chi connectivity index (χ1v) is 7.31. The molecule has 114 valence electrons. The van der Waals surface area contributed by atoms with E-state index in [1.807, 2.05) is 45.0 Å². The molecule has 0 radical (unpaired) electrons. The molecule has 2 rings (SSSR count). The fourth-order valence-corrected chi connectivity index (χ4v) is 2.39. The van der Waals surface area contributed by atoms with Crippen molar-refractivity contribution in [3.8, 4) is 5.75 Å². The maximum absolute atomic E-state index is 12.0. The third-order valence-corrected chi connectivity index (χ3v) is 3.57. The normalized spacial score (nSPS) is 20.0. The standard InChI is InChI=1S/C16H22N2O3/c1-4-18-15(19)9-14(16(18)20)17-12(3)10-21-13-7-5-11(2)6-8-13/h5-8,12,14,17H,4,9-10H2,1-3H3. The minimum atomic E-state index is -0.422. The Morgan fingerprint density at radius 1 is 1.33 bits per heavy atom. The molecule has 1 aliphatic rings. The van der Waals surface area contributed by atoms with Gasteiger partial charge in [-0.1, -0.05) is 17.7 Å². The fourth-order valence-electron chi connectivity index (χ4n) is 2.39. The van der Waals surface area contributed by atoms with E-state index in [2.05, 4.69) is 5.32 Å². The number of imide groups is 1. The summed E-state index contributed by atoms with van der Waals surface area (Å²) in [6, 6.07) is 7.40. The van der Waals surface area contributed by atoms with Gasteiger partial charge in [-0.3, -0.25) is 19.8 Å². The van der Waals surface area contributed by atoms with Crippen molar-refractivity contribution in [1.29, 1.82) is 0 Å². The summed E-state index contributed by atoms with van der Waals surface area (Å²) in [5.41, 5.74) is 1.18. The molecule has 0 aliphatic carbocycles. The van der Waals surface area contributed by atoms with E-state index in [1.165, 1.54) is 10.5 Å². The summed E-state index contributed by atoms with van der Waals surface area (Å²) in [5, 5.41) is 3.17. The molecule has 2 unspecified atom stereocenters. The molecule has 0 saturated carbocycles. The minimum Gasteiger partial charge on any atom is -0.492 e. The Labute approximate surface area is 125 Å². The highest BCUT2D eigenvalue weighted by molar-refractivity contribution is 6.05. The summed E-state index contributed by atoms with van der Waals surface area (Å²) >= 11 is 0. The van der Waals surface area contributed by atoms with Crippen LogP contribution in [0.15, 0.2) is 24.3 Å². The lowest BCUT2D eigenvalue weighted by molar-refractivity contribution is -0.138. The van der Waals surface area contributed by atoms with Gasteiger partial charge >= 0.3 is 0 Å². The number of benzene rings is 1. The van der Waals surface area contributed by atoms with E-state index in [1.54, 1.807) is 0 Å². The molecule has 1 saturated heterocycles. The maximum atomic E-state index is 12.0. The van der Waals surface area contributed by atoms with Gasteiger partial charge in [0.05, 0.1) is 12.5 Å². The van der Waals surface area contributed by atoms with Crippen LogP contribution < -0.4 is 10.1 Å². The summed E-state index contributed by atoms with van der Waals surface area (Å²) in [5.74, 6) is 0.564. The Hall–Kier alpha value is -1.88. The van der Waals surface area contributed by atoms with E-state index in [0.717, 1.165) is 5.75 Å². The van der Waals surface area contributed by atoms with Gasteiger partial charge in [0, 0.05) is 12.6 Å². The SMILES string of the molecule is CCN1C(=O)CC(NC(C)COc2ccc(C)cc2)C1=O. The molecule has 21 heavy (non-hydrogen) atoms. The Balaban J connectivity index is 1.82. The summed E-state index contributed by atoms with van der Waals surface area (Å²) in [7, 11) is 0. The van der Waals surface area contributed by atoms with Crippen LogP contribution in [0.5, 0.6) is 5.75 Å². The summed E-state index contributed by atoms with van der Waals surface area (Å²) in [4.78, 5) is 24.9. The van der Waals surface area contributed by atoms with Gasteiger partial charge in [0.1, 0.15) is 12.4 Å². The van der Waals surface area contributed by atoms with Gasteiger partial charge in [0.2, 0.25) is 11.8 Å². The highest BCUT2D eigenvalue weighted by Gasteiger charge is 2.37. The van der Waals surface area contributed by atoms with E-state index in [9.17, 15) is 9.59 Å². The molecule has 5 nitrogen and oxygen atoms in total. The average Bonchev–Trinajstić information content (AvgIpc) is 2.72. The van der Waals surface area contributed by atoms with E-state index in [-0.39, 0.29) is 24.3 Å².